The van der Waals surface area contributed by atoms with Gasteiger partial charge in [-0.05, 0) is 37.5 Å². The van der Waals surface area contributed by atoms with E-state index < -0.39 is 11.9 Å². The first-order chi connectivity index (χ1) is 10.1. The molecule has 2 amide bonds. The third-order valence-electron chi connectivity index (χ3n) is 3.45. The highest BCUT2D eigenvalue weighted by atomic mass is 16.5. The Kier molecular flexibility index (Phi) is 4.70. The molecule has 112 valence electrons. The van der Waals surface area contributed by atoms with Crippen molar-refractivity contribution in [3.63, 3.8) is 0 Å². The second kappa shape index (κ2) is 6.49. The number of carbonyl (C=O) groups is 3. The Morgan fingerprint density at radius 3 is 2.52 bits per heavy atom. The Labute approximate surface area is 122 Å². The summed E-state index contributed by atoms with van der Waals surface area (Å²) >= 11 is 0. The van der Waals surface area contributed by atoms with Crippen LogP contribution in [-0.2, 0) is 4.74 Å². The lowest BCUT2D eigenvalue weighted by Gasteiger charge is -2.13. The summed E-state index contributed by atoms with van der Waals surface area (Å²) in [4.78, 5) is 36.4. The molecule has 0 aliphatic carbocycles. The van der Waals surface area contributed by atoms with Crippen molar-refractivity contribution in [3.8, 4) is 0 Å². The van der Waals surface area contributed by atoms with Crippen LogP contribution in [0, 0.1) is 0 Å². The molecule has 2 rings (SSSR count). The fourth-order valence-corrected chi connectivity index (χ4v) is 2.32. The molecule has 0 fully saturated rings. The third-order valence-corrected chi connectivity index (χ3v) is 3.45. The van der Waals surface area contributed by atoms with Gasteiger partial charge in [0.15, 0.2) is 0 Å². The summed E-state index contributed by atoms with van der Waals surface area (Å²) in [6.07, 6.45) is 2.45. The Hall–Kier alpha value is -2.21. The minimum Gasteiger partial charge on any atom is -0.478 e. The fraction of sp³-hybridized carbons (Fsp3) is 0.400. The Balaban J connectivity index is 2.06. The lowest BCUT2D eigenvalue weighted by atomic mass is 10.1. The van der Waals surface area contributed by atoms with E-state index in [1.807, 2.05) is 0 Å². The highest BCUT2D eigenvalue weighted by Gasteiger charge is 2.35. The molecule has 6 heteroatoms. The Bertz CT molecular complexity index is 581. The molecule has 0 unspecified atom stereocenters. The zero-order valence-corrected chi connectivity index (χ0v) is 11.8. The molecule has 1 aromatic carbocycles. The predicted molar refractivity (Wildman–Crippen MR) is 74.5 cm³/mol. The summed E-state index contributed by atoms with van der Waals surface area (Å²) in [6.45, 7) is 1.00. The van der Waals surface area contributed by atoms with Gasteiger partial charge >= 0.3 is 5.97 Å². The second-order valence-corrected chi connectivity index (χ2v) is 4.88. The highest BCUT2D eigenvalue weighted by molar-refractivity contribution is 6.21. The molecular formula is C15H17NO5. The number of ether oxygens (including phenoxy) is 1. The van der Waals surface area contributed by atoms with Crippen LogP contribution in [0.5, 0.6) is 0 Å². The van der Waals surface area contributed by atoms with E-state index >= 15 is 0 Å². The molecular weight excluding hydrogens is 274 g/mol. The molecule has 0 radical (unpaired) electrons. The minimum atomic E-state index is -1.11. The number of methoxy groups -OCH3 is 1. The number of carboxylic acids is 1. The number of carbonyl (C=O) groups excluding carboxylic acids is 2. The zero-order valence-electron chi connectivity index (χ0n) is 11.8. The smallest absolute Gasteiger partial charge is 0.335 e. The van der Waals surface area contributed by atoms with E-state index in [0.29, 0.717) is 19.6 Å². The maximum absolute atomic E-state index is 12.2. The van der Waals surface area contributed by atoms with E-state index in [-0.39, 0.29) is 22.6 Å². The minimum absolute atomic E-state index is 0.0110. The van der Waals surface area contributed by atoms with Crippen LogP contribution in [0.15, 0.2) is 18.2 Å². The van der Waals surface area contributed by atoms with Crippen molar-refractivity contribution in [1.29, 1.82) is 0 Å². The second-order valence-electron chi connectivity index (χ2n) is 4.88. The number of hydrogen-bond donors (Lipinski definition) is 1. The van der Waals surface area contributed by atoms with Gasteiger partial charge in [0.05, 0.1) is 16.7 Å². The summed E-state index contributed by atoms with van der Waals surface area (Å²) < 4.78 is 4.94. The van der Waals surface area contributed by atoms with Gasteiger partial charge in [0.2, 0.25) is 0 Å². The molecule has 0 bridgehead atoms. The molecule has 21 heavy (non-hydrogen) atoms. The zero-order chi connectivity index (χ0) is 15.4. The number of rotatable bonds is 7. The van der Waals surface area contributed by atoms with Crippen LogP contribution in [0.1, 0.15) is 50.3 Å². The molecule has 1 aliphatic heterocycles. The summed E-state index contributed by atoms with van der Waals surface area (Å²) in [5.74, 6) is -1.88. The number of benzene rings is 1. The van der Waals surface area contributed by atoms with Gasteiger partial charge in [0.1, 0.15) is 0 Å². The lowest BCUT2D eigenvalue weighted by Crippen LogP contribution is -2.30. The maximum Gasteiger partial charge on any atom is 0.335 e. The number of carboxylic acid groups (broad SMARTS) is 1. The van der Waals surface area contributed by atoms with Gasteiger partial charge in [-0.15, -0.1) is 0 Å². The molecule has 0 aromatic heterocycles. The van der Waals surface area contributed by atoms with E-state index in [9.17, 15) is 14.4 Å². The van der Waals surface area contributed by atoms with Gasteiger partial charge in [0.25, 0.3) is 11.8 Å². The van der Waals surface area contributed by atoms with Gasteiger partial charge in [0, 0.05) is 20.3 Å². The van der Waals surface area contributed by atoms with Crippen LogP contribution in [-0.4, -0.2) is 48.1 Å². The molecule has 1 heterocycles. The number of hydrogen-bond acceptors (Lipinski definition) is 4. The Morgan fingerprint density at radius 2 is 1.86 bits per heavy atom. The highest BCUT2D eigenvalue weighted by Crippen LogP contribution is 2.24. The van der Waals surface area contributed by atoms with E-state index in [1.165, 1.54) is 23.1 Å². The van der Waals surface area contributed by atoms with Gasteiger partial charge in [-0.3, -0.25) is 14.5 Å². The van der Waals surface area contributed by atoms with Crippen molar-refractivity contribution in [3.05, 3.63) is 34.9 Å². The average molecular weight is 291 g/mol. The van der Waals surface area contributed by atoms with Crippen LogP contribution in [0.25, 0.3) is 0 Å². The molecule has 0 atom stereocenters. The number of fused-ring (bicyclic) bond motifs is 1. The standard InChI is InChI=1S/C15H17NO5/c1-21-8-4-2-3-7-16-13(17)11-6-5-10(15(19)20)9-12(11)14(16)18/h5-6,9H,2-4,7-8H2,1H3,(H,19,20). The molecule has 1 aromatic rings. The van der Waals surface area contributed by atoms with Crippen molar-refractivity contribution in [2.45, 2.75) is 19.3 Å². The van der Waals surface area contributed by atoms with Crippen molar-refractivity contribution < 1.29 is 24.2 Å². The number of unbranched alkanes of at least 4 members (excludes halogenated alkanes) is 2. The van der Waals surface area contributed by atoms with Crippen LogP contribution < -0.4 is 0 Å². The van der Waals surface area contributed by atoms with E-state index in [2.05, 4.69) is 0 Å². The molecule has 6 nitrogen and oxygen atoms in total. The van der Waals surface area contributed by atoms with E-state index in [1.54, 1.807) is 7.11 Å². The van der Waals surface area contributed by atoms with Crippen molar-refractivity contribution in [2.24, 2.45) is 0 Å². The van der Waals surface area contributed by atoms with Crippen molar-refractivity contribution >= 4 is 17.8 Å². The van der Waals surface area contributed by atoms with Crippen molar-refractivity contribution in [2.75, 3.05) is 20.3 Å². The lowest BCUT2D eigenvalue weighted by molar-refractivity contribution is 0.0649. The van der Waals surface area contributed by atoms with Crippen LogP contribution in [0.4, 0.5) is 0 Å². The van der Waals surface area contributed by atoms with Gasteiger partial charge in [-0.2, -0.15) is 0 Å². The molecule has 1 N–H and O–H groups in total. The maximum atomic E-state index is 12.2. The normalized spacial score (nSPS) is 13.7. The topological polar surface area (TPSA) is 83.9 Å². The molecule has 0 saturated heterocycles. The first kappa shape index (κ1) is 15.2. The summed E-state index contributed by atoms with van der Waals surface area (Å²) in [7, 11) is 1.63. The van der Waals surface area contributed by atoms with Gasteiger partial charge in [-0.25, -0.2) is 4.79 Å². The van der Waals surface area contributed by atoms with Gasteiger partial charge < -0.3 is 9.84 Å². The number of nitrogens with zero attached hydrogens (tertiary/aromatic N) is 1. The summed E-state index contributed by atoms with van der Waals surface area (Å²) in [5, 5.41) is 8.94. The average Bonchev–Trinajstić information content (AvgIpc) is 2.71. The third kappa shape index (κ3) is 3.11. The molecule has 0 spiro atoms. The fourth-order valence-electron chi connectivity index (χ4n) is 2.32. The van der Waals surface area contributed by atoms with Crippen molar-refractivity contribution in [1.82, 2.24) is 4.90 Å². The van der Waals surface area contributed by atoms with Crippen LogP contribution in [0.3, 0.4) is 0 Å². The summed E-state index contributed by atoms with van der Waals surface area (Å²) in [5.41, 5.74) is 0.468. The SMILES string of the molecule is COCCCCCN1C(=O)c2ccc(C(=O)O)cc2C1=O. The number of amides is 2. The predicted octanol–water partition coefficient (Wildman–Crippen LogP) is 1.80. The van der Waals surface area contributed by atoms with Crippen LogP contribution in [0.2, 0.25) is 0 Å². The first-order valence-electron chi connectivity index (χ1n) is 6.78. The van der Waals surface area contributed by atoms with Crippen LogP contribution >= 0.6 is 0 Å². The van der Waals surface area contributed by atoms with E-state index in [4.69, 9.17) is 9.84 Å². The number of aromatic carboxylic acids is 1. The molecule has 1 aliphatic rings. The Morgan fingerprint density at radius 1 is 1.14 bits per heavy atom. The molecule has 0 saturated carbocycles. The monoisotopic (exact) mass is 291 g/mol. The largest absolute Gasteiger partial charge is 0.478 e. The van der Waals surface area contributed by atoms with Gasteiger partial charge in [-0.1, -0.05) is 0 Å². The number of imide groups is 1. The first-order valence-corrected chi connectivity index (χ1v) is 6.78. The van der Waals surface area contributed by atoms with E-state index in [0.717, 1.165) is 12.8 Å². The summed E-state index contributed by atoms with van der Waals surface area (Å²) in [6, 6.07) is 4.02. The quantitative estimate of drug-likeness (QED) is 0.611.